The van der Waals surface area contributed by atoms with E-state index in [9.17, 15) is 18.0 Å². The largest absolute Gasteiger partial charge is 0.475 e. The predicted octanol–water partition coefficient (Wildman–Crippen LogP) is 3.54. The van der Waals surface area contributed by atoms with Crippen molar-refractivity contribution in [3.63, 3.8) is 0 Å². The molecule has 0 fully saturated rings. The van der Waals surface area contributed by atoms with Gasteiger partial charge in [0.05, 0.1) is 0 Å². The minimum absolute atomic E-state index is 0.365. The number of rotatable bonds is 3. The molecule has 0 spiro atoms. The molecule has 0 aliphatic carbocycles. The maximum absolute atomic E-state index is 12.6. The van der Waals surface area contributed by atoms with Gasteiger partial charge in [0, 0.05) is 4.90 Å². The van der Waals surface area contributed by atoms with Crippen molar-refractivity contribution in [3.05, 3.63) is 41.8 Å². The van der Waals surface area contributed by atoms with Crippen molar-refractivity contribution in [1.82, 2.24) is 4.98 Å². The van der Waals surface area contributed by atoms with Crippen LogP contribution in [0.15, 0.2) is 44.9 Å². The second-order valence-corrected chi connectivity index (χ2v) is 4.40. The fourth-order valence-electron chi connectivity index (χ4n) is 1.27. The average molecular weight is 289 g/mol. The number of aromatic carboxylic acids is 1. The summed E-state index contributed by atoms with van der Waals surface area (Å²) in [6.45, 7) is 0. The zero-order chi connectivity index (χ0) is 14.0. The van der Waals surface area contributed by atoms with Gasteiger partial charge in [0.1, 0.15) is 0 Å². The number of oxazole rings is 1. The number of carboxylic acids is 1. The first-order valence-electron chi connectivity index (χ1n) is 4.92. The molecular formula is C11H6F3NO3S. The van der Waals surface area contributed by atoms with Gasteiger partial charge in [-0.1, -0.05) is 18.2 Å². The van der Waals surface area contributed by atoms with Crippen molar-refractivity contribution in [3.8, 4) is 0 Å². The lowest BCUT2D eigenvalue weighted by Gasteiger charge is -2.00. The summed E-state index contributed by atoms with van der Waals surface area (Å²) in [4.78, 5) is 14.5. The highest BCUT2D eigenvalue weighted by Gasteiger charge is 2.41. The Morgan fingerprint density at radius 1 is 1.26 bits per heavy atom. The van der Waals surface area contributed by atoms with Crippen molar-refractivity contribution in [2.75, 3.05) is 0 Å². The number of aromatic nitrogens is 1. The summed E-state index contributed by atoms with van der Waals surface area (Å²) in [6.07, 6.45) is -4.87. The number of alkyl halides is 3. The first-order chi connectivity index (χ1) is 8.88. The van der Waals surface area contributed by atoms with Gasteiger partial charge in [-0.15, -0.1) is 0 Å². The van der Waals surface area contributed by atoms with E-state index in [0.29, 0.717) is 4.90 Å². The molecule has 0 aliphatic rings. The van der Waals surface area contributed by atoms with E-state index in [4.69, 9.17) is 5.11 Å². The molecule has 1 aromatic heterocycles. The maximum Gasteiger partial charge on any atom is 0.437 e. The first-order valence-corrected chi connectivity index (χ1v) is 5.74. The zero-order valence-electron chi connectivity index (χ0n) is 9.14. The minimum Gasteiger partial charge on any atom is -0.475 e. The Kier molecular flexibility index (Phi) is 3.52. The Morgan fingerprint density at radius 3 is 2.37 bits per heavy atom. The normalized spacial score (nSPS) is 11.5. The summed E-state index contributed by atoms with van der Waals surface area (Å²) >= 11 is 0.815. The monoisotopic (exact) mass is 289 g/mol. The van der Waals surface area contributed by atoms with Crippen LogP contribution in [-0.2, 0) is 6.18 Å². The summed E-state index contributed by atoms with van der Waals surface area (Å²) in [5, 5.41) is 8.30. The summed E-state index contributed by atoms with van der Waals surface area (Å²) in [7, 11) is 0. The van der Waals surface area contributed by atoms with Crippen LogP contribution in [0.3, 0.4) is 0 Å². The second-order valence-electron chi connectivity index (χ2n) is 3.38. The van der Waals surface area contributed by atoms with E-state index in [1.165, 1.54) is 0 Å². The van der Waals surface area contributed by atoms with Gasteiger partial charge in [0.15, 0.2) is 5.69 Å². The third kappa shape index (κ3) is 3.08. The van der Waals surface area contributed by atoms with E-state index < -0.39 is 23.6 Å². The van der Waals surface area contributed by atoms with Crippen LogP contribution in [0, 0.1) is 0 Å². The van der Waals surface area contributed by atoms with E-state index in [1.54, 1.807) is 30.3 Å². The Balaban J connectivity index is 2.36. The first kappa shape index (κ1) is 13.5. The molecular weight excluding hydrogens is 283 g/mol. The van der Waals surface area contributed by atoms with Gasteiger partial charge >= 0.3 is 12.1 Å². The van der Waals surface area contributed by atoms with Crippen molar-refractivity contribution >= 4 is 17.7 Å². The van der Waals surface area contributed by atoms with Crippen molar-refractivity contribution in [2.45, 2.75) is 16.3 Å². The summed E-state index contributed by atoms with van der Waals surface area (Å²) in [6, 6.07) is 8.40. The molecule has 0 saturated carbocycles. The Bertz CT molecular complexity index is 595. The standard InChI is InChI=1S/C11H6F3NO3S/c12-11(13,14)8-7(9(16)17)18-10(15-8)19-6-4-2-1-3-5-6/h1-5H,(H,16,17). The van der Waals surface area contributed by atoms with Gasteiger partial charge < -0.3 is 9.52 Å². The summed E-state index contributed by atoms with van der Waals surface area (Å²) in [5.41, 5.74) is -1.53. The van der Waals surface area contributed by atoms with Crippen LogP contribution in [0.5, 0.6) is 0 Å². The van der Waals surface area contributed by atoms with E-state index in [2.05, 4.69) is 9.40 Å². The number of hydrogen-bond acceptors (Lipinski definition) is 4. The quantitative estimate of drug-likeness (QED) is 0.936. The van der Waals surface area contributed by atoms with Crippen LogP contribution in [0.25, 0.3) is 0 Å². The van der Waals surface area contributed by atoms with Crippen LogP contribution in [0.1, 0.15) is 16.2 Å². The molecule has 0 radical (unpaired) electrons. The fraction of sp³-hybridized carbons (Fsp3) is 0.0909. The molecule has 0 atom stereocenters. The van der Waals surface area contributed by atoms with Crippen LogP contribution in [0.2, 0.25) is 0 Å². The van der Waals surface area contributed by atoms with E-state index >= 15 is 0 Å². The van der Waals surface area contributed by atoms with E-state index in [0.717, 1.165) is 11.8 Å². The lowest BCUT2D eigenvalue weighted by Crippen LogP contribution is -2.11. The van der Waals surface area contributed by atoms with Crippen LogP contribution in [-0.4, -0.2) is 16.1 Å². The van der Waals surface area contributed by atoms with E-state index in [1.807, 2.05) is 0 Å². The second kappa shape index (κ2) is 4.96. The van der Waals surface area contributed by atoms with Crippen molar-refractivity contribution in [2.24, 2.45) is 0 Å². The molecule has 100 valence electrons. The van der Waals surface area contributed by atoms with Crippen LogP contribution >= 0.6 is 11.8 Å². The fourth-order valence-corrected chi connectivity index (χ4v) is 2.03. The smallest absolute Gasteiger partial charge is 0.437 e. The number of halogens is 3. The third-order valence-corrected chi connectivity index (χ3v) is 2.88. The van der Waals surface area contributed by atoms with Crippen molar-refractivity contribution in [1.29, 1.82) is 0 Å². The highest BCUT2D eigenvalue weighted by Crippen LogP contribution is 2.36. The molecule has 2 aromatic rings. The van der Waals surface area contributed by atoms with E-state index in [-0.39, 0.29) is 5.22 Å². The topological polar surface area (TPSA) is 63.3 Å². The molecule has 1 heterocycles. The Morgan fingerprint density at radius 2 is 1.89 bits per heavy atom. The molecule has 0 saturated heterocycles. The number of benzene rings is 1. The van der Waals surface area contributed by atoms with Gasteiger partial charge in [-0.3, -0.25) is 0 Å². The number of carbonyl (C=O) groups is 1. The van der Waals surface area contributed by atoms with Crippen molar-refractivity contribution < 1.29 is 27.5 Å². The molecule has 1 N–H and O–H groups in total. The number of hydrogen-bond donors (Lipinski definition) is 1. The summed E-state index contributed by atoms with van der Waals surface area (Å²) in [5.74, 6) is -3.01. The van der Waals surface area contributed by atoms with Gasteiger partial charge in [-0.2, -0.15) is 18.2 Å². The predicted molar refractivity (Wildman–Crippen MR) is 59.0 cm³/mol. The molecule has 1 aromatic carbocycles. The highest BCUT2D eigenvalue weighted by molar-refractivity contribution is 7.99. The van der Waals surface area contributed by atoms with Gasteiger partial charge in [-0.05, 0) is 23.9 Å². The summed E-state index contributed by atoms with van der Waals surface area (Å²) < 4.78 is 42.3. The highest BCUT2D eigenvalue weighted by atomic mass is 32.2. The van der Waals surface area contributed by atoms with Gasteiger partial charge in [0.2, 0.25) is 5.76 Å². The Labute approximate surface area is 109 Å². The maximum atomic E-state index is 12.6. The average Bonchev–Trinajstić information content (AvgIpc) is 2.74. The van der Waals surface area contributed by atoms with Gasteiger partial charge in [0.25, 0.3) is 5.22 Å². The van der Waals surface area contributed by atoms with Crippen LogP contribution in [0.4, 0.5) is 13.2 Å². The lowest BCUT2D eigenvalue weighted by atomic mass is 10.3. The zero-order valence-corrected chi connectivity index (χ0v) is 9.96. The third-order valence-electron chi connectivity index (χ3n) is 2.02. The lowest BCUT2D eigenvalue weighted by molar-refractivity contribution is -0.141. The molecule has 0 amide bonds. The number of nitrogens with zero attached hydrogens (tertiary/aromatic N) is 1. The molecule has 8 heteroatoms. The molecule has 0 unspecified atom stereocenters. The molecule has 0 aliphatic heterocycles. The molecule has 0 bridgehead atoms. The Hall–Kier alpha value is -1.96. The molecule has 19 heavy (non-hydrogen) atoms. The number of carboxylic acid groups (broad SMARTS) is 1. The van der Waals surface area contributed by atoms with Gasteiger partial charge in [-0.25, -0.2) is 4.79 Å². The molecule has 2 rings (SSSR count). The SMILES string of the molecule is O=C(O)c1oc(Sc2ccccc2)nc1C(F)(F)F. The molecule has 4 nitrogen and oxygen atoms in total. The minimum atomic E-state index is -4.87. The van der Waals surface area contributed by atoms with Crippen LogP contribution < -0.4 is 0 Å².